The largest absolute Gasteiger partial charge is 0.493 e. The highest BCUT2D eigenvalue weighted by molar-refractivity contribution is 9.10. The van der Waals surface area contributed by atoms with Crippen LogP contribution < -0.4 is 20.3 Å². The lowest BCUT2D eigenvalue weighted by atomic mass is 10.2. The molecule has 0 unspecified atom stereocenters. The van der Waals surface area contributed by atoms with Crippen LogP contribution in [0.2, 0.25) is 0 Å². The fraction of sp³-hybridized carbons (Fsp3) is 0.158. The molecule has 0 aliphatic carbocycles. The quantitative estimate of drug-likeness (QED) is 0.536. The minimum atomic E-state index is -0.611. The molecule has 0 saturated heterocycles. The van der Waals surface area contributed by atoms with Gasteiger partial charge in [-0.2, -0.15) is 0 Å². The van der Waals surface area contributed by atoms with Gasteiger partial charge in [0, 0.05) is 21.7 Å². The van der Waals surface area contributed by atoms with E-state index in [1.54, 1.807) is 18.2 Å². The van der Waals surface area contributed by atoms with Crippen LogP contribution in [-0.2, 0) is 4.79 Å². The summed E-state index contributed by atoms with van der Waals surface area (Å²) >= 11 is 3.23. The Labute approximate surface area is 164 Å². The first kappa shape index (κ1) is 20.4. The minimum absolute atomic E-state index is 0.238. The number of rotatable bonds is 6. The Morgan fingerprint density at radius 3 is 2.63 bits per heavy atom. The van der Waals surface area contributed by atoms with E-state index in [-0.39, 0.29) is 11.1 Å². The van der Waals surface area contributed by atoms with E-state index in [2.05, 4.69) is 26.8 Å². The number of hydrogen-bond acceptors (Lipinski definition) is 4. The standard InChI is InChI=1S/C19H18BrFN2O4/c1-3-27-16-8-4-13(11-17(16)26-2)19(25)23-22-18(24)9-5-12-10-14(20)6-7-15(12)21/h4-11H,3H2,1-2H3,(H,22,24)(H,23,25)/b9-5+. The van der Waals surface area contributed by atoms with E-state index in [0.717, 1.165) is 6.08 Å². The van der Waals surface area contributed by atoms with Crippen molar-refractivity contribution in [1.29, 1.82) is 0 Å². The number of hydrazine groups is 1. The van der Waals surface area contributed by atoms with E-state index in [1.165, 1.54) is 31.4 Å². The molecule has 0 fully saturated rings. The van der Waals surface area contributed by atoms with Crippen LogP contribution in [0.1, 0.15) is 22.8 Å². The second-order valence-corrected chi connectivity index (χ2v) is 6.16. The van der Waals surface area contributed by atoms with Crippen molar-refractivity contribution >= 4 is 33.8 Å². The minimum Gasteiger partial charge on any atom is -0.493 e. The number of carbonyl (C=O) groups is 2. The lowest BCUT2D eigenvalue weighted by molar-refractivity contribution is -0.117. The van der Waals surface area contributed by atoms with Crippen LogP contribution in [0.3, 0.4) is 0 Å². The molecule has 0 aliphatic rings. The smallest absolute Gasteiger partial charge is 0.269 e. The lowest BCUT2D eigenvalue weighted by Gasteiger charge is -2.11. The molecule has 6 nitrogen and oxygen atoms in total. The Bertz CT molecular complexity index is 871. The molecular formula is C19H18BrFN2O4. The van der Waals surface area contributed by atoms with Gasteiger partial charge in [0.15, 0.2) is 11.5 Å². The van der Waals surface area contributed by atoms with Crippen molar-refractivity contribution < 1.29 is 23.5 Å². The number of ether oxygens (including phenoxy) is 2. The van der Waals surface area contributed by atoms with Gasteiger partial charge in [-0.1, -0.05) is 15.9 Å². The van der Waals surface area contributed by atoms with Crippen LogP contribution in [-0.4, -0.2) is 25.5 Å². The van der Waals surface area contributed by atoms with Crippen molar-refractivity contribution in [3.63, 3.8) is 0 Å². The number of halogens is 2. The molecule has 0 heterocycles. The first-order valence-corrected chi connectivity index (χ1v) is 8.78. The molecule has 2 aromatic carbocycles. The summed E-state index contributed by atoms with van der Waals surface area (Å²) in [6.45, 7) is 2.30. The number of nitrogens with one attached hydrogen (secondary N) is 2. The van der Waals surface area contributed by atoms with Gasteiger partial charge in [-0.15, -0.1) is 0 Å². The van der Waals surface area contributed by atoms with Gasteiger partial charge in [0.05, 0.1) is 13.7 Å². The van der Waals surface area contributed by atoms with Crippen molar-refractivity contribution in [3.05, 3.63) is 63.9 Å². The molecule has 0 bridgehead atoms. The van der Waals surface area contributed by atoms with Gasteiger partial charge in [-0.25, -0.2) is 4.39 Å². The van der Waals surface area contributed by atoms with E-state index >= 15 is 0 Å². The molecule has 142 valence electrons. The Morgan fingerprint density at radius 2 is 1.93 bits per heavy atom. The average Bonchev–Trinajstić information content (AvgIpc) is 2.67. The summed E-state index contributed by atoms with van der Waals surface area (Å²) in [7, 11) is 1.47. The number of benzene rings is 2. The summed E-state index contributed by atoms with van der Waals surface area (Å²) in [6.07, 6.45) is 2.42. The number of amides is 2. The van der Waals surface area contributed by atoms with Crippen LogP contribution in [0.5, 0.6) is 11.5 Å². The molecule has 0 saturated carbocycles. The fourth-order valence-electron chi connectivity index (χ4n) is 2.12. The molecule has 0 aliphatic heterocycles. The van der Waals surface area contributed by atoms with Crippen LogP contribution in [0.4, 0.5) is 4.39 Å². The third-order valence-corrected chi connectivity index (χ3v) is 3.89. The third kappa shape index (κ3) is 5.82. The van der Waals surface area contributed by atoms with Gasteiger partial charge < -0.3 is 9.47 Å². The zero-order valence-electron chi connectivity index (χ0n) is 14.7. The van der Waals surface area contributed by atoms with Crippen molar-refractivity contribution in [2.45, 2.75) is 6.92 Å². The van der Waals surface area contributed by atoms with Crippen LogP contribution >= 0.6 is 15.9 Å². The molecule has 2 N–H and O–H groups in total. The summed E-state index contributed by atoms with van der Waals surface area (Å²) in [5.74, 6) is -0.694. The van der Waals surface area contributed by atoms with E-state index in [4.69, 9.17) is 9.47 Å². The molecule has 0 radical (unpaired) electrons. The van der Waals surface area contributed by atoms with Crippen molar-refractivity contribution in [2.24, 2.45) is 0 Å². The van der Waals surface area contributed by atoms with Crippen molar-refractivity contribution in [2.75, 3.05) is 13.7 Å². The highest BCUT2D eigenvalue weighted by Crippen LogP contribution is 2.27. The fourth-order valence-corrected chi connectivity index (χ4v) is 2.50. The molecule has 2 rings (SSSR count). The molecule has 2 aromatic rings. The van der Waals surface area contributed by atoms with Crippen LogP contribution in [0, 0.1) is 5.82 Å². The van der Waals surface area contributed by atoms with Crippen LogP contribution in [0.25, 0.3) is 6.08 Å². The molecular weight excluding hydrogens is 419 g/mol. The number of hydrogen-bond donors (Lipinski definition) is 2. The Kier molecular flexibility index (Phi) is 7.36. The normalized spacial score (nSPS) is 10.5. The van der Waals surface area contributed by atoms with Gasteiger partial charge in [0.25, 0.3) is 11.8 Å². The van der Waals surface area contributed by atoms with Crippen molar-refractivity contribution in [3.8, 4) is 11.5 Å². The average molecular weight is 437 g/mol. The zero-order chi connectivity index (χ0) is 19.8. The van der Waals surface area contributed by atoms with Crippen molar-refractivity contribution in [1.82, 2.24) is 10.9 Å². The summed E-state index contributed by atoms with van der Waals surface area (Å²) in [6, 6.07) is 9.01. The molecule has 0 spiro atoms. The maximum absolute atomic E-state index is 13.6. The lowest BCUT2D eigenvalue weighted by Crippen LogP contribution is -2.40. The van der Waals surface area contributed by atoms with E-state index in [9.17, 15) is 14.0 Å². The highest BCUT2D eigenvalue weighted by Gasteiger charge is 2.11. The first-order valence-electron chi connectivity index (χ1n) is 7.99. The Hall–Kier alpha value is -2.87. The maximum atomic E-state index is 13.6. The Morgan fingerprint density at radius 1 is 1.15 bits per heavy atom. The molecule has 8 heteroatoms. The molecule has 27 heavy (non-hydrogen) atoms. The van der Waals surface area contributed by atoms with Gasteiger partial charge in [0.1, 0.15) is 5.82 Å². The summed E-state index contributed by atoms with van der Waals surface area (Å²) < 4.78 is 24.9. The topological polar surface area (TPSA) is 76.7 Å². The Balaban J connectivity index is 1.97. The third-order valence-electron chi connectivity index (χ3n) is 3.40. The number of methoxy groups -OCH3 is 1. The van der Waals surface area contributed by atoms with E-state index in [1.807, 2.05) is 6.92 Å². The second kappa shape index (κ2) is 9.72. The summed E-state index contributed by atoms with van der Waals surface area (Å²) in [5, 5.41) is 0. The molecule has 0 aromatic heterocycles. The highest BCUT2D eigenvalue weighted by atomic mass is 79.9. The van der Waals surface area contributed by atoms with Gasteiger partial charge in [0.2, 0.25) is 0 Å². The van der Waals surface area contributed by atoms with Crippen LogP contribution in [0.15, 0.2) is 46.9 Å². The van der Waals surface area contributed by atoms with Gasteiger partial charge in [-0.3, -0.25) is 20.4 Å². The first-order chi connectivity index (χ1) is 12.9. The van der Waals surface area contributed by atoms with Gasteiger partial charge in [-0.05, 0) is 49.4 Å². The van der Waals surface area contributed by atoms with Gasteiger partial charge >= 0.3 is 0 Å². The monoisotopic (exact) mass is 436 g/mol. The predicted octanol–water partition coefficient (Wildman–Crippen LogP) is 3.47. The molecule has 2 amide bonds. The van der Waals surface area contributed by atoms with E-state index < -0.39 is 17.6 Å². The second-order valence-electron chi connectivity index (χ2n) is 5.24. The maximum Gasteiger partial charge on any atom is 0.269 e. The zero-order valence-corrected chi connectivity index (χ0v) is 16.3. The SMILES string of the molecule is CCOc1ccc(C(=O)NNC(=O)/C=C/c2cc(Br)ccc2F)cc1OC. The predicted molar refractivity (Wildman–Crippen MR) is 103 cm³/mol. The summed E-state index contributed by atoms with van der Waals surface area (Å²) in [4.78, 5) is 24.0. The number of carbonyl (C=O) groups excluding carboxylic acids is 2. The molecule has 0 atom stereocenters. The summed E-state index contributed by atoms with van der Waals surface area (Å²) in [5.41, 5.74) is 5.02. The van der Waals surface area contributed by atoms with E-state index in [0.29, 0.717) is 22.6 Å².